The molecular weight excluding hydrogens is 262 g/mol. The number of hydrogen-bond donors (Lipinski definition) is 3. The summed E-state index contributed by atoms with van der Waals surface area (Å²) in [5.41, 5.74) is 22.7. The van der Waals surface area contributed by atoms with Crippen molar-refractivity contribution in [3.63, 3.8) is 0 Å². The van der Waals surface area contributed by atoms with Gasteiger partial charge < -0.3 is 17.2 Å². The summed E-state index contributed by atoms with van der Waals surface area (Å²) in [5, 5.41) is 0. The van der Waals surface area contributed by atoms with Crippen LogP contribution in [0.2, 0.25) is 0 Å². The van der Waals surface area contributed by atoms with Gasteiger partial charge in [0, 0.05) is 48.0 Å². The SMILES string of the molecule is CN=C/C(=C\N)c1cnc(N)c(-c2ccc(N)cc2C)c1. The topological polar surface area (TPSA) is 103 Å². The number of rotatable bonds is 3. The molecule has 21 heavy (non-hydrogen) atoms. The lowest BCUT2D eigenvalue weighted by Gasteiger charge is -2.11. The number of anilines is 2. The zero-order valence-electron chi connectivity index (χ0n) is 12.2. The standard InChI is InChI=1S/C16H19N5/c1-10-5-13(18)3-4-14(10)15-6-11(9-21-16(15)19)12(7-17)8-20-2/h3-9H,17-18H2,1-2H3,(H2,19,21)/b12-7+,20-8?. The molecule has 108 valence electrons. The van der Waals surface area contributed by atoms with Crippen molar-refractivity contribution in [3.8, 4) is 11.1 Å². The number of nitrogen functional groups attached to an aromatic ring is 2. The number of nitrogens with zero attached hydrogens (tertiary/aromatic N) is 2. The van der Waals surface area contributed by atoms with Crippen LogP contribution in [0.4, 0.5) is 11.5 Å². The van der Waals surface area contributed by atoms with Crippen LogP contribution < -0.4 is 17.2 Å². The minimum absolute atomic E-state index is 0.469. The first-order chi connectivity index (χ1) is 10.1. The molecule has 0 saturated heterocycles. The maximum absolute atomic E-state index is 6.02. The van der Waals surface area contributed by atoms with Crippen LogP contribution in [-0.4, -0.2) is 18.2 Å². The summed E-state index contributed by atoms with van der Waals surface area (Å²) >= 11 is 0. The Bertz CT molecular complexity index is 717. The number of benzene rings is 1. The molecule has 0 radical (unpaired) electrons. The van der Waals surface area contributed by atoms with Crippen molar-refractivity contribution in [1.82, 2.24) is 4.98 Å². The average molecular weight is 281 g/mol. The van der Waals surface area contributed by atoms with Gasteiger partial charge in [0.05, 0.1) is 0 Å². The van der Waals surface area contributed by atoms with E-state index < -0.39 is 0 Å². The third kappa shape index (κ3) is 3.02. The molecule has 0 fully saturated rings. The van der Waals surface area contributed by atoms with E-state index in [9.17, 15) is 0 Å². The molecule has 0 atom stereocenters. The number of aryl methyl sites for hydroxylation is 1. The van der Waals surface area contributed by atoms with Crippen LogP contribution in [0.15, 0.2) is 41.7 Å². The first kappa shape index (κ1) is 14.6. The van der Waals surface area contributed by atoms with Crippen molar-refractivity contribution >= 4 is 23.3 Å². The van der Waals surface area contributed by atoms with E-state index in [0.717, 1.165) is 33.5 Å². The zero-order valence-corrected chi connectivity index (χ0v) is 12.2. The molecular formula is C16H19N5. The van der Waals surface area contributed by atoms with Crippen molar-refractivity contribution in [2.24, 2.45) is 10.7 Å². The largest absolute Gasteiger partial charge is 0.404 e. The fourth-order valence-electron chi connectivity index (χ4n) is 2.19. The summed E-state index contributed by atoms with van der Waals surface area (Å²) in [6, 6.07) is 7.67. The van der Waals surface area contributed by atoms with Gasteiger partial charge in [-0.25, -0.2) is 4.98 Å². The molecule has 0 aliphatic carbocycles. The average Bonchev–Trinajstić information content (AvgIpc) is 2.46. The Labute approximate surface area is 124 Å². The summed E-state index contributed by atoms with van der Waals surface area (Å²) in [4.78, 5) is 8.25. The molecule has 6 N–H and O–H groups in total. The molecule has 5 heteroatoms. The molecule has 0 aliphatic heterocycles. The molecule has 1 aromatic heterocycles. The number of nitrogens with two attached hydrogens (primary N) is 3. The van der Waals surface area contributed by atoms with Gasteiger partial charge >= 0.3 is 0 Å². The summed E-state index contributed by atoms with van der Waals surface area (Å²) in [7, 11) is 1.69. The van der Waals surface area contributed by atoms with Crippen LogP contribution in [0.1, 0.15) is 11.1 Å². The third-order valence-electron chi connectivity index (χ3n) is 3.24. The fraction of sp³-hybridized carbons (Fsp3) is 0.125. The Morgan fingerprint density at radius 2 is 1.95 bits per heavy atom. The maximum atomic E-state index is 6.02. The first-order valence-corrected chi connectivity index (χ1v) is 6.53. The lowest BCUT2D eigenvalue weighted by Crippen LogP contribution is -1.99. The predicted molar refractivity (Wildman–Crippen MR) is 89.8 cm³/mol. The molecule has 1 heterocycles. The van der Waals surface area contributed by atoms with E-state index in [1.807, 2.05) is 31.2 Å². The predicted octanol–water partition coefficient (Wildman–Crippen LogP) is 2.22. The van der Waals surface area contributed by atoms with Gasteiger partial charge in [0.15, 0.2) is 0 Å². The van der Waals surface area contributed by atoms with Crippen LogP contribution in [0.3, 0.4) is 0 Å². The van der Waals surface area contributed by atoms with Crippen LogP contribution >= 0.6 is 0 Å². The highest BCUT2D eigenvalue weighted by Crippen LogP contribution is 2.30. The van der Waals surface area contributed by atoms with Crippen LogP contribution in [0, 0.1) is 6.92 Å². The van der Waals surface area contributed by atoms with Crippen molar-refractivity contribution in [2.75, 3.05) is 18.5 Å². The van der Waals surface area contributed by atoms with E-state index in [0.29, 0.717) is 5.82 Å². The third-order valence-corrected chi connectivity index (χ3v) is 3.24. The Morgan fingerprint density at radius 3 is 2.57 bits per heavy atom. The number of pyridine rings is 1. The van der Waals surface area contributed by atoms with Crippen molar-refractivity contribution < 1.29 is 0 Å². The highest BCUT2D eigenvalue weighted by atomic mass is 14.8. The normalized spacial score (nSPS) is 12.0. The maximum Gasteiger partial charge on any atom is 0.131 e. The van der Waals surface area contributed by atoms with Crippen molar-refractivity contribution in [2.45, 2.75) is 6.92 Å². The monoisotopic (exact) mass is 281 g/mol. The van der Waals surface area contributed by atoms with E-state index in [-0.39, 0.29) is 0 Å². The van der Waals surface area contributed by atoms with E-state index in [4.69, 9.17) is 17.2 Å². The number of aliphatic imine (C=N–C) groups is 1. The van der Waals surface area contributed by atoms with E-state index in [2.05, 4.69) is 9.98 Å². The van der Waals surface area contributed by atoms with Gasteiger partial charge in [0.1, 0.15) is 5.82 Å². The molecule has 2 rings (SSSR count). The van der Waals surface area contributed by atoms with Gasteiger partial charge in [-0.05, 0) is 36.2 Å². The highest BCUT2D eigenvalue weighted by molar-refractivity contribution is 6.10. The Hall–Kier alpha value is -2.82. The quantitative estimate of drug-likeness (QED) is 0.592. The second kappa shape index (κ2) is 6.09. The Balaban J connectivity index is 2.59. The van der Waals surface area contributed by atoms with Crippen molar-refractivity contribution in [3.05, 3.63) is 47.8 Å². The van der Waals surface area contributed by atoms with E-state index in [1.165, 1.54) is 6.20 Å². The number of allylic oxidation sites excluding steroid dienone is 1. The second-order valence-corrected chi connectivity index (χ2v) is 4.74. The summed E-state index contributed by atoms with van der Waals surface area (Å²) in [6.45, 7) is 1.99. The molecule has 5 nitrogen and oxygen atoms in total. The van der Waals surface area contributed by atoms with Gasteiger partial charge in [-0.1, -0.05) is 6.07 Å². The molecule has 0 unspecified atom stereocenters. The minimum Gasteiger partial charge on any atom is -0.404 e. The van der Waals surface area contributed by atoms with E-state index in [1.54, 1.807) is 19.5 Å². The van der Waals surface area contributed by atoms with Gasteiger partial charge in [-0.2, -0.15) is 0 Å². The minimum atomic E-state index is 0.469. The fourth-order valence-corrected chi connectivity index (χ4v) is 2.19. The lowest BCUT2D eigenvalue weighted by molar-refractivity contribution is 1.31. The molecule has 0 amide bonds. The zero-order chi connectivity index (χ0) is 15.4. The Morgan fingerprint density at radius 1 is 1.19 bits per heavy atom. The van der Waals surface area contributed by atoms with Crippen LogP contribution in [0.25, 0.3) is 16.7 Å². The molecule has 0 saturated carbocycles. The van der Waals surface area contributed by atoms with E-state index >= 15 is 0 Å². The molecule has 2 aromatic rings. The smallest absolute Gasteiger partial charge is 0.131 e. The lowest BCUT2D eigenvalue weighted by atomic mass is 9.98. The van der Waals surface area contributed by atoms with Gasteiger partial charge in [-0.15, -0.1) is 0 Å². The summed E-state index contributed by atoms with van der Waals surface area (Å²) < 4.78 is 0. The van der Waals surface area contributed by atoms with Gasteiger partial charge in [0.25, 0.3) is 0 Å². The molecule has 0 spiro atoms. The first-order valence-electron chi connectivity index (χ1n) is 6.53. The summed E-state index contributed by atoms with van der Waals surface area (Å²) in [6.07, 6.45) is 4.87. The second-order valence-electron chi connectivity index (χ2n) is 4.74. The highest BCUT2D eigenvalue weighted by Gasteiger charge is 2.10. The molecule has 0 bridgehead atoms. The van der Waals surface area contributed by atoms with Crippen LogP contribution in [0.5, 0.6) is 0 Å². The number of aromatic nitrogens is 1. The molecule has 1 aromatic carbocycles. The van der Waals surface area contributed by atoms with Crippen LogP contribution in [-0.2, 0) is 0 Å². The van der Waals surface area contributed by atoms with Gasteiger partial charge in [0.2, 0.25) is 0 Å². The van der Waals surface area contributed by atoms with Gasteiger partial charge in [-0.3, -0.25) is 4.99 Å². The number of hydrogen-bond acceptors (Lipinski definition) is 5. The molecule has 0 aliphatic rings. The summed E-state index contributed by atoms with van der Waals surface area (Å²) in [5.74, 6) is 0.469. The van der Waals surface area contributed by atoms with Crippen molar-refractivity contribution in [1.29, 1.82) is 0 Å². The Kier molecular flexibility index (Phi) is 4.23.